The van der Waals surface area contributed by atoms with Crippen LogP contribution < -0.4 is 5.32 Å². The quantitative estimate of drug-likeness (QED) is 0.210. The summed E-state index contributed by atoms with van der Waals surface area (Å²) < 4.78 is 1.97. The van der Waals surface area contributed by atoms with E-state index in [1.807, 2.05) is 4.57 Å². The minimum absolute atomic E-state index is 0.134. The molecule has 30 heavy (non-hydrogen) atoms. The van der Waals surface area contributed by atoms with Crippen LogP contribution in [0, 0.1) is 6.92 Å². The smallest absolute Gasteiger partial charge is 0.234 e. The monoisotopic (exact) mass is 500 g/mol. The number of thioether (sulfide) groups is 1. The summed E-state index contributed by atoms with van der Waals surface area (Å²) in [6, 6.07) is 3.02. The first-order valence-electron chi connectivity index (χ1n) is 9.04. The van der Waals surface area contributed by atoms with E-state index in [2.05, 4.69) is 41.3 Å². The lowest BCUT2D eigenvalue weighted by atomic mass is 10.1. The maximum atomic E-state index is 12.4. The number of amides is 1. The van der Waals surface area contributed by atoms with Crippen LogP contribution in [0.25, 0.3) is 11.4 Å². The summed E-state index contributed by atoms with van der Waals surface area (Å²) in [5.41, 5.74) is 2.75. The highest BCUT2D eigenvalue weighted by atomic mass is 35.5. The van der Waals surface area contributed by atoms with E-state index >= 15 is 0 Å². The first-order chi connectivity index (χ1) is 14.3. The first-order valence-corrected chi connectivity index (χ1v) is 12.0. The maximum absolute atomic E-state index is 12.4. The van der Waals surface area contributed by atoms with E-state index in [1.54, 1.807) is 17.4 Å². The molecule has 0 aliphatic rings. The fourth-order valence-electron chi connectivity index (χ4n) is 2.93. The van der Waals surface area contributed by atoms with Gasteiger partial charge in [-0.3, -0.25) is 9.36 Å². The summed E-state index contributed by atoms with van der Waals surface area (Å²) in [6.07, 6.45) is 2.71. The number of thiophene rings is 1. The van der Waals surface area contributed by atoms with Crippen LogP contribution in [0.4, 0.5) is 5.69 Å². The van der Waals surface area contributed by atoms with Crippen molar-refractivity contribution in [2.45, 2.75) is 32.0 Å². The highest BCUT2D eigenvalue weighted by Crippen LogP contribution is 2.34. The van der Waals surface area contributed by atoms with E-state index in [1.165, 1.54) is 34.3 Å². The van der Waals surface area contributed by atoms with Crippen molar-refractivity contribution in [3.63, 3.8) is 0 Å². The molecule has 3 rings (SSSR count). The minimum Gasteiger partial charge on any atom is -0.324 e. The van der Waals surface area contributed by atoms with Crippen molar-refractivity contribution < 1.29 is 4.79 Å². The first kappa shape index (κ1) is 23.2. The van der Waals surface area contributed by atoms with Gasteiger partial charge in [0.05, 0.1) is 26.5 Å². The number of aryl methyl sites for hydroxylation is 1. The molecule has 0 atom stereocenters. The van der Waals surface area contributed by atoms with E-state index < -0.39 is 0 Å². The van der Waals surface area contributed by atoms with Crippen molar-refractivity contribution in [1.82, 2.24) is 14.8 Å². The standard InChI is InChI=1S/C20H19Cl3N4OS2/c1-4-6-27-19(13-9-29-11(3)12(13)5-2)25-26-20(27)30-10-18(28)24-17-8-15(22)14(21)7-16(17)23/h4,7-9H,1,5-6,10H2,2-3H3,(H,24,28). The van der Waals surface area contributed by atoms with Gasteiger partial charge in [0.2, 0.25) is 5.91 Å². The Morgan fingerprint density at radius 2 is 2.00 bits per heavy atom. The van der Waals surface area contributed by atoms with Crippen LogP contribution in [0.1, 0.15) is 17.4 Å². The van der Waals surface area contributed by atoms with Gasteiger partial charge in [-0.15, -0.1) is 28.1 Å². The largest absolute Gasteiger partial charge is 0.324 e. The van der Waals surface area contributed by atoms with Crippen LogP contribution >= 0.6 is 57.9 Å². The lowest BCUT2D eigenvalue weighted by molar-refractivity contribution is -0.113. The lowest BCUT2D eigenvalue weighted by Gasteiger charge is -2.10. The molecule has 0 aliphatic heterocycles. The van der Waals surface area contributed by atoms with Crippen molar-refractivity contribution >= 4 is 69.5 Å². The average molecular weight is 502 g/mol. The predicted molar refractivity (Wildman–Crippen MR) is 128 cm³/mol. The number of allylic oxidation sites excluding steroid dienone is 1. The molecule has 0 spiro atoms. The normalized spacial score (nSPS) is 11.0. The molecule has 1 aromatic carbocycles. The van der Waals surface area contributed by atoms with E-state index in [0.717, 1.165) is 17.8 Å². The number of benzene rings is 1. The van der Waals surface area contributed by atoms with Crippen LogP contribution in [-0.2, 0) is 17.8 Å². The highest BCUT2D eigenvalue weighted by molar-refractivity contribution is 7.99. The fourth-order valence-corrected chi connectivity index (χ4v) is 5.21. The Balaban J connectivity index is 1.77. The molecule has 1 N–H and O–H groups in total. The SMILES string of the molecule is C=CCn1c(SCC(=O)Nc2cc(Cl)c(Cl)cc2Cl)nnc1-c1csc(C)c1CC. The second-order valence-electron chi connectivity index (χ2n) is 6.33. The van der Waals surface area contributed by atoms with Crippen LogP contribution in [0.2, 0.25) is 15.1 Å². The third-order valence-electron chi connectivity index (χ3n) is 4.34. The molecular formula is C20H19Cl3N4OS2. The number of hydrogen-bond donors (Lipinski definition) is 1. The molecule has 1 amide bonds. The number of hydrogen-bond acceptors (Lipinski definition) is 5. The molecule has 3 aromatic rings. The van der Waals surface area contributed by atoms with Crippen molar-refractivity contribution in [1.29, 1.82) is 0 Å². The van der Waals surface area contributed by atoms with Gasteiger partial charge in [-0.25, -0.2) is 0 Å². The molecule has 0 aliphatic carbocycles. The van der Waals surface area contributed by atoms with Crippen LogP contribution in [0.15, 0.2) is 35.3 Å². The van der Waals surface area contributed by atoms with Crippen LogP contribution in [0.5, 0.6) is 0 Å². The Bertz CT molecular complexity index is 1090. The molecule has 0 bridgehead atoms. The zero-order chi connectivity index (χ0) is 21.8. The van der Waals surface area contributed by atoms with Gasteiger partial charge >= 0.3 is 0 Å². The number of nitrogens with zero attached hydrogens (tertiary/aromatic N) is 3. The molecule has 0 saturated heterocycles. The molecule has 0 radical (unpaired) electrons. The van der Waals surface area contributed by atoms with E-state index in [4.69, 9.17) is 34.8 Å². The number of nitrogens with one attached hydrogen (secondary N) is 1. The number of carbonyl (C=O) groups is 1. The summed E-state index contributed by atoms with van der Waals surface area (Å²) in [7, 11) is 0. The number of anilines is 1. The third-order valence-corrected chi connectivity index (χ3v) is 7.30. The van der Waals surface area contributed by atoms with Crippen molar-refractivity contribution in [2.75, 3.05) is 11.1 Å². The summed E-state index contributed by atoms with van der Waals surface area (Å²) in [6.45, 7) is 8.61. The Hall–Kier alpha value is -1.51. The predicted octanol–water partition coefficient (Wildman–Crippen LogP) is 6.75. The number of rotatable bonds is 8. The van der Waals surface area contributed by atoms with Crippen molar-refractivity contribution in [3.05, 3.63) is 55.7 Å². The van der Waals surface area contributed by atoms with Gasteiger partial charge in [-0.2, -0.15) is 0 Å². The van der Waals surface area contributed by atoms with Crippen LogP contribution in [-0.4, -0.2) is 26.4 Å². The summed E-state index contributed by atoms with van der Waals surface area (Å²) in [5.74, 6) is 0.678. The zero-order valence-corrected chi connectivity index (χ0v) is 20.2. The minimum atomic E-state index is -0.240. The topological polar surface area (TPSA) is 59.8 Å². The second-order valence-corrected chi connectivity index (χ2v) is 9.57. The number of halogens is 3. The van der Waals surface area contributed by atoms with E-state index in [9.17, 15) is 4.79 Å². The van der Waals surface area contributed by atoms with Gasteiger partial charge in [0, 0.05) is 22.4 Å². The van der Waals surface area contributed by atoms with Gasteiger partial charge in [-0.05, 0) is 31.0 Å². The van der Waals surface area contributed by atoms with Gasteiger partial charge in [0.1, 0.15) is 0 Å². The second kappa shape index (κ2) is 10.2. The zero-order valence-electron chi connectivity index (χ0n) is 16.3. The Kier molecular flexibility index (Phi) is 7.87. The van der Waals surface area contributed by atoms with Gasteiger partial charge in [0.15, 0.2) is 11.0 Å². The maximum Gasteiger partial charge on any atom is 0.234 e. The molecular weight excluding hydrogens is 483 g/mol. The molecule has 2 aromatic heterocycles. The van der Waals surface area contributed by atoms with E-state index in [-0.39, 0.29) is 11.7 Å². The number of aromatic nitrogens is 3. The Labute approximate surface area is 198 Å². The summed E-state index contributed by atoms with van der Waals surface area (Å²) >= 11 is 21.1. The number of carbonyl (C=O) groups excluding carboxylic acids is 1. The molecule has 0 unspecified atom stereocenters. The fraction of sp³-hybridized carbons (Fsp3) is 0.250. The molecule has 0 fully saturated rings. The van der Waals surface area contributed by atoms with Crippen molar-refractivity contribution in [3.8, 4) is 11.4 Å². The van der Waals surface area contributed by atoms with Crippen molar-refractivity contribution in [2.24, 2.45) is 0 Å². The lowest BCUT2D eigenvalue weighted by Crippen LogP contribution is -2.15. The van der Waals surface area contributed by atoms with Gasteiger partial charge in [-0.1, -0.05) is 59.6 Å². The summed E-state index contributed by atoms with van der Waals surface area (Å²) in [5, 5.41) is 15.2. The molecule has 158 valence electrons. The summed E-state index contributed by atoms with van der Waals surface area (Å²) in [4.78, 5) is 13.7. The average Bonchev–Trinajstić information content (AvgIpc) is 3.27. The van der Waals surface area contributed by atoms with Gasteiger partial charge < -0.3 is 5.32 Å². The Morgan fingerprint density at radius 1 is 1.27 bits per heavy atom. The molecule has 10 heteroatoms. The van der Waals surface area contributed by atoms with Crippen LogP contribution in [0.3, 0.4) is 0 Å². The molecule has 2 heterocycles. The van der Waals surface area contributed by atoms with Gasteiger partial charge in [0.25, 0.3) is 0 Å². The third kappa shape index (κ3) is 5.03. The van der Waals surface area contributed by atoms with E-state index in [0.29, 0.717) is 32.5 Å². The molecule has 0 saturated carbocycles. The Morgan fingerprint density at radius 3 is 2.70 bits per heavy atom. The molecule has 5 nitrogen and oxygen atoms in total. The highest BCUT2D eigenvalue weighted by Gasteiger charge is 2.19.